The largest absolute Gasteiger partial charge is 0.490 e. The third kappa shape index (κ3) is 4.74. The van der Waals surface area contributed by atoms with Gasteiger partial charge < -0.3 is 15.4 Å². The van der Waals surface area contributed by atoms with Crippen molar-refractivity contribution in [1.29, 1.82) is 0 Å². The van der Waals surface area contributed by atoms with Gasteiger partial charge in [-0.25, -0.2) is 4.39 Å². The molecule has 168 valence electrons. The molecule has 1 aliphatic carbocycles. The van der Waals surface area contributed by atoms with E-state index in [1.54, 1.807) is 37.4 Å². The minimum Gasteiger partial charge on any atom is -0.490 e. The molecular formula is C24H27FN4O3. The third-order valence-corrected chi connectivity index (χ3v) is 5.71. The molecule has 32 heavy (non-hydrogen) atoms. The molecular weight excluding hydrogens is 411 g/mol. The molecule has 4 rings (SSSR count). The van der Waals surface area contributed by atoms with Gasteiger partial charge in [-0.1, -0.05) is 18.2 Å². The van der Waals surface area contributed by atoms with Gasteiger partial charge in [0.25, 0.3) is 11.8 Å². The molecule has 2 amide bonds. The van der Waals surface area contributed by atoms with E-state index in [0.29, 0.717) is 36.2 Å². The fraction of sp³-hybridized carbons (Fsp3) is 0.375. The minimum absolute atomic E-state index is 0.211. The van der Waals surface area contributed by atoms with Crippen LogP contribution in [0.2, 0.25) is 0 Å². The van der Waals surface area contributed by atoms with Gasteiger partial charge in [-0.15, -0.1) is 0 Å². The second-order valence-electron chi connectivity index (χ2n) is 8.12. The number of imide groups is 1. The average molecular weight is 439 g/mol. The average Bonchev–Trinajstić information content (AvgIpc) is 3.60. The molecule has 7 nitrogen and oxygen atoms in total. The molecule has 2 N–H and O–H groups in total. The van der Waals surface area contributed by atoms with Crippen molar-refractivity contribution >= 4 is 17.8 Å². The summed E-state index contributed by atoms with van der Waals surface area (Å²) < 4.78 is 19.9. The van der Waals surface area contributed by atoms with E-state index in [2.05, 4.69) is 15.6 Å². The molecule has 1 aliphatic heterocycles. The number of nitrogens with one attached hydrogen (secondary N) is 2. The number of halogens is 1. The van der Waals surface area contributed by atoms with Crippen molar-refractivity contribution in [2.75, 3.05) is 26.7 Å². The molecule has 2 aromatic carbocycles. The summed E-state index contributed by atoms with van der Waals surface area (Å²) in [5, 5.41) is 6.30. The number of carbonyl (C=O) groups excluding carboxylic acids is 2. The molecule has 0 bridgehead atoms. The standard InChI is InChI=1S/C24H27FN4O3/c1-15(17-9-10-21(20(25)13-17)32-14-16-7-8-16)28-24(26-2)27-11-12-29-22(30)18-5-3-4-6-19(18)23(29)31/h3-6,9-10,13,15-16H,7-8,11-12,14H2,1-2H3,(H2,26,27,28). The molecule has 1 heterocycles. The topological polar surface area (TPSA) is 83.0 Å². The van der Waals surface area contributed by atoms with Crippen molar-refractivity contribution in [3.05, 3.63) is 65.0 Å². The Bertz CT molecular complexity index is 1020. The summed E-state index contributed by atoms with van der Waals surface area (Å²) in [6, 6.07) is 11.5. The van der Waals surface area contributed by atoms with Crippen molar-refractivity contribution in [2.45, 2.75) is 25.8 Å². The molecule has 1 atom stereocenters. The van der Waals surface area contributed by atoms with Gasteiger partial charge in [0.05, 0.1) is 23.8 Å². The number of hydrogen-bond acceptors (Lipinski definition) is 4. The van der Waals surface area contributed by atoms with Crippen molar-refractivity contribution in [3.8, 4) is 5.75 Å². The van der Waals surface area contributed by atoms with Gasteiger partial charge in [0.1, 0.15) is 0 Å². The first-order valence-electron chi connectivity index (χ1n) is 10.8. The monoisotopic (exact) mass is 438 g/mol. The first-order valence-corrected chi connectivity index (χ1v) is 10.8. The van der Waals surface area contributed by atoms with Crippen LogP contribution < -0.4 is 15.4 Å². The first kappa shape index (κ1) is 21.8. The highest BCUT2D eigenvalue weighted by Gasteiger charge is 2.34. The maximum absolute atomic E-state index is 14.4. The van der Waals surface area contributed by atoms with Crippen LogP contribution in [-0.2, 0) is 0 Å². The predicted molar refractivity (Wildman–Crippen MR) is 119 cm³/mol. The van der Waals surface area contributed by atoms with E-state index < -0.39 is 0 Å². The summed E-state index contributed by atoms with van der Waals surface area (Å²) in [7, 11) is 1.62. The summed E-state index contributed by atoms with van der Waals surface area (Å²) in [6.07, 6.45) is 2.31. The van der Waals surface area contributed by atoms with E-state index >= 15 is 0 Å². The first-order chi connectivity index (χ1) is 15.5. The molecule has 0 saturated heterocycles. The molecule has 2 aliphatic rings. The zero-order valence-corrected chi connectivity index (χ0v) is 18.2. The number of benzene rings is 2. The Labute approximate surface area is 186 Å². The molecule has 1 fully saturated rings. The molecule has 8 heteroatoms. The van der Waals surface area contributed by atoms with Crippen molar-refractivity contribution < 1.29 is 18.7 Å². The van der Waals surface area contributed by atoms with Gasteiger partial charge in [0, 0.05) is 20.1 Å². The van der Waals surface area contributed by atoms with Crippen LogP contribution in [0.5, 0.6) is 5.75 Å². The third-order valence-electron chi connectivity index (χ3n) is 5.71. The fourth-order valence-electron chi connectivity index (χ4n) is 3.61. The van der Waals surface area contributed by atoms with Crippen LogP contribution in [0, 0.1) is 11.7 Å². The number of ether oxygens (including phenoxy) is 1. The zero-order chi connectivity index (χ0) is 22.7. The van der Waals surface area contributed by atoms with Crippen LogP contribution in [-0.4, -0.2) is 49.4 Å². The molecule has 0 aromatic heterocycles. The van der Waals surface area contributed by atoms with Crippen molar-refractivity contribution in [1.82, 2.24) is 15.5 Å². The molecule has 1 saturated carbocycles. The van der Waals surface area contributed by atoms with Gasteiger partial charge in [-0.3, -0.25) is 19.5 Å². The normalized spacial score (nSPS) is 16.7. The molecule has 2 aromatic rings. The number of fused-ring (bicyclic) bond motifs is 1. The summed E-state index contributed by atoms with van der Waals surface area (Å²) >= 11 is 0. The number of amides is 2. The van der Waals surface area contributed by atoms with E-state index in [-0.39, 0.29) is 36.0 Å². The summed E-state index contributed by atoms with van der Waals surface area (Å²) in [5.41, 5.74) is 1.62. The SMILES string of the molecule is CN=C(NCCN1C(=O)c2ccccc2C1=O)NC(C)c1ccc(OCC2CC2)c(F)c1. The summed E-state index contributed by atoms with van der Waals surface area (Å²) in [6.45, 7) is 3.01. The second kappa shape index (κ2) is 9.38. The van der Waals surface area contributed by atoms with E-state index in [0.717, 1.165) is 18.4 Å². The van der Waals surface area contributed by atoms with E-state index in [9.17, 15) is 14.0 Å². The lowest BCUT2D eigenvalue weighted by Gasteiger charge is -2.20. The van der Waals surface area contributed by atoms with Crippen molar-refractivity contribution in [3.63, 3.8) is 0 Å². The number of rotatable bonds is 8. The predicted octanol–water partition coefficient (Wildman–Crippen LogP) is 3.14. The number of hydrogen-bond donors (Lipinski definition) is 2. The maximum atomic E-state index is 14.4. The Morgan fingerprint density at radius 3 is 2.47 bits per heavy atom. The summed E-state index contributed by atoms with van der Waals surface area (Å²) in [5.74, 6) is 0.362. The van der Waals surface area contributed by atoms with Crippen LogP contribution in [0.15, 0.2) is 47.5 Å². The van der Waals surface area contributed by atoms with Gasteiger partial charge in [-0.2, -0.15) is 0 Å². The quantitative estimate of drug-likeness (QED) is 0.376. The highest BCUT2D eigenvalue weighted by Crippen LogP contribution is 2.30. The van der Waals surface area contributed by atoms with Gasteiger partial charge in [0.2, 0.25) is 0 Å². The lowest BCUT2D eigenvalue weighted by Crippen LogP contribution is -2.43. The Kier molecular flexibility index (Phi) is 6.39. The Morgan fingerprint density at radius 2 is 1.88 bits per heavy atom. The Balaban J connectivity index is 1.29. The van der Waals surface area contributed by atoms with Crippen LogP contribution in [0.4, 0.5) is 4.39 Å². The summed E-state index contributed by atoms with van der Waals surface area (Å²) in [4.78, 5) is 30.3. The number of nitrogens with zero attached hydrogens (tertiary/aromatic N) is 2. The molecule has 0 spiro atoms. The number of aliphatic imine (C=N–C) groups is 1. The van der Waals surface area contributed by atoms with E-state index in [1.165, 1.54) is 11.0 Å². The van der Waals surface area contributed by atoms with Gasteiger partial charge in [0.15, 0.2) is 17.5 Å². The lowest BCUT2D eigenvalue weighted by molar-refractivity contribution is 0.0657. The highest BCUT2D eigenvalue weighted by molar-refractivity contribution is 6.21. The number of carbonyl (C=O) groups is 2. The number of guanidine groups is 1. The zero-order valence-electron chi connectivity index (χ0n) is 18.2. The van der Waals surface area contributed by atoms with Crippen molar-refractivity contribution in [2.24, 2.45) is 10.9 Å². The Hall–Kier alpha value is -3.42. The minimum atomic E-state index is -0.384. The van der Waals surface area contributed by atoms with Crippen LogP contribution >= 0.6 is 0 Å². The van der Waals surface area contributed by atoms with Crippen LogP contribution in [0.3, 0.4) is 0 Å². The van der Waals surface area contributed by atoms with Crippen LogP contribution in [0.25, 0.3) is 0 Å². The maximum Gasteiger partial charge on any atom is 0.261 e. The smallest absolute Gasteiger partial charge is 0.261 e. The second-order valence-corrected chi connectivity index (χ2v) is 8.12. The van der Waals surface area contributed by atoms with Gasteiger partial charge >= 0.3 is 0 Å². The van der Waals surface area contributed by atoms with Gasteiger partial charge in [-0.05, 0) is 55.5 Å². The molecule has 1 unspecified atom stereocenters. The van der Waals surface area contributed by atoms with Crippen LogP contribution in [0.1, 0.15) is 52.1 Å². The highest BCUT2D eigenvalue weighted by atomic mass is 19.1. The fourth-order valence-corrected chi connectivity index (χ4v) is 3.61. The molecule has 0 radical (unpaired) electrons. The lowest BCUT2D eigenvalue weighted by atomic mass is 10.1. The van der Waals surface area contributed by atoms with E-state index in [1.807, 2.05) is 13.0 Å². The Morgan fingerprint density at radius 1 is 1.19 bits per heavy atom. The van der Waals surface area contributed by atoms with E-state index in [4.69, 9.17) is 4.74 Å².